The third-order valence-electron chi connectivity index (χ3n) is 4.79. The maximum absolute atomic E-state index is 2.46. The van der Waals surface area contributed by atoms with E-state index in [9.17, 15) is 0 Å². The fourth-order valence-electron chi connectivity index (χ4n) is 2.95. The maximum Gasteiger partial charge on any atom is -0.0312 e. The van der Waals surface area contributed by atoms with Crippen molar-refractivity contribution in [3.63, 3.8) is 0 Å². The van der Waals surface area contributed by atoms with Gasteiger partial charge in [0.2, 0.25) is 0 Å². The summed E-state index contributed by atoms with van der Waals surface area (Å²) in [5.74, 6) is 0. The first-order chi connectivity index (χ1) is 13.8. The minimum absolute atomic E-state index is 0.204. The van der Waals surface area contributed by atoms with Gasteiger partial charge < -0.3 is 0 Å². The molecule has 162 valence electrons. The molecule has 0 heterocycles. The Morgan fingerprint density at radius 3 is 0.933 bits per heavy atom. The van der Waals surface area contributed by atoms with E-state index in [0.717, 1.165) is 0 Å². The number of rotatable bonds is 1. The molecule has 30 heavy (non-hydrogen) atoms. The standard InChI is InChI=1S/C18H29P.2C5H5.W/c1-16(2,3)12-10-13(17(4,5)6)15(19)14(11-12)18(7,8)9;2*1-2-4-5-3-1;/h10-11H,1-9H3;2*1-5H;. The fraction of sp³-hybridized carbons (Fsp3) is 0.429. The van der Waals surface area contributed by atoms with Crippen LogP contribution in [0.2, 0.25) is 0 Å². The van der Waals surface area contributed by atoms with Gasteiger partial charge in [0.15, 0.2) is 0 Å². The zero-order valence-corrected chi connectivity index (χ0v) is 24.1. The molecular weight excluding hydrogens is 551 g/mol. The van der Waals surface area contributed by atoms with Crippen LogP contribution in [-0.2, 0) is 35.1 Å². The molecule has 1 aromatic rings. The minimum atomic E-state index is 0.204. The Morgan fingerprint density at radius 2 is 0.767 bits per heavy atom. The van der Waals surface area contributed by atoms with E-state index >= 15 is 0 Å². The summed E-state index contributed by atoms with van der Waals surface area (Å²) in [5, 5.41) is 1.56. The van der Waals surface area contributed by atoms with Crippen LogP contribution in [0.15, 0.2) is 12.1 Å². The maximum atomic E-state index is 2.46. The molecular formula is C28H39PW. The van der Waals surface area contributed by atoms with Gasteiger partial charge in [-0.25, -0.2) is 0 Å². The number of hydrogen-bond donors (Lipinski definition) is 0. The molecule has 0 nitrogen and oxygen atoms in total. The van der Waals surface area contributed by atoms with Gasteiger partial charge in [-0.05, 0) is 64.2 Å². The van der Waals surface area contributed by atoms with Gasteiger partial charge in [-0.1, -0.05) is 0 Å². The van der Waals surface area contributed by atoms with Crippen molar-refractivity contribution in [2.45, 2.75) is 78.6 Å². The van der Waals surface area contributed by atoms with Gasteiger partial charge in [0.1, 0.15) is 0 Å². The molecule has 2 fully saturated rings. The zero-order chi connectivity index (χ0) is 23.0. The summed E-state index contributed by atoms with van der Waals surface area (Å²) in [6, 6.07) is 4.92. The van der Waals surface area contributed by atoms with Crippen LogP contribution in [0.25, 0.3) is 0 Å². The van der Waals surface area contributed by atoms with Crippen molar-refractivity contribution in [2.75, 3.05) is 0 Å². The van der Waals surface area contributed by atoms with E-state index in [4.69, 9.17) is 0 Å². The van der Waals surface area contributed by atoms with E-state index in [1.807, 2.05) is 64.2 Å². The molecule has 0 saturated heterocycles. The summed E-state index contributed by atoms with van der Waals surface area (Å²) < 4.78 is 0. The first-order valence-electron chi connectivity index (χ1n) is 10.6. The van der Waals surface area contributed by atoms with Gasteiger partial charge in [-0.2, -0.15) is 0 Å². The largest absolute Gasteiger partial charge is 0.0312 e. The number of hydrogen-bond acceptors (Lipinski definition) is 0. The van der Waals surface area contributed by atoms with E-state index in [2.05, 4.69) is 74.4 Å². The molecule has 3 rings (SSSR count). The van der Waals surface area contributed by atoms with Crippen molar-refractivity contribution in [3.05, 3.63) is 93.0 Å². The summed E-state index contributed by atoms with van der Waals surface area (Å²) in [6.45, 7) is 21.0. The van der Waals surface area contributed by atoms with Crippen LogP contribution in [-0.4, -0.2) is 0 Å². The Bertz CT molecular complexity index is 584. The Morgan fingerprint density at radius 1 is 0.500 bits per heavy atom. The molecule has 2 aliphatic rings. The van der Waals surface area contributed by atoms with Crippen LogP contribution in [0.5, 0.6) is 0 Å². The zero-order valence-electron chi connectivity index (χ0n) is 20.3. The van der Waals surface area contributed by atoms with E-state index in [-0.39, 0.29) is 16.2 Å². The smallest absolute Gasteiger partial charge is 0.0312 e. The van der Waals surface area contributed by atoms with Gasteiger partial charge in [0.25, 0.3) is 0 Å². The summed E-state index contributed by atoms with van der Waals surface area (Å²) in [7, 11) is 0. The van der Waals surface area contributed by atoms with Crippen LogP contribution in [0.4, 0.5) is 0 Å². The normalized spacial score (nSPS) is 17.2. The third kappa shape index (κ3) is 9.78. The molecule has 10 radical (unpaired) electrons. The van der Waals surface area contributed by atoms with Gasteiger partial charge in [-0.15, -0.1) is 0 Å². The molecule has 0 atom stereocenters. The Labute approximate surface area is 201 Å². The summed E-state index contributed by atoms with van der Waals surface area (Å²) in [6.07, 6.45) is 21.5. The van der Waals surface area contributed by atoms with Crippen molar-refractivity contribution < 1.29 is 18.8 Å². The van der Waals surface area contributed by atoms with Gasteiger partial charge in [0, 0.05) is 0 Å². The number of benzene rings is 1. The average molecular weight is 590 g/mol. The average Bonchev–Trinajstić information content (AvgIpc) is 3.35. The molecule has 2 aliphatic carbocycles. The van der Waals surface area contributed by atoms with Crippen molar-refractivity contribution in [2.24, 2.45) is 0 Å². The van der Waals surface area contributed by atoms with Crippen molar-refractivity contribution >= 4 is 11.5 Å². The molecule has 0 aliphatic heterocycles. The van der Waals surface area contributed by atoms with Crippen molar-refractivity contribution in [1.82, 2.24) is 0 Å². The minimum Gasteiger partial charge on any atom is -0.0312 e. The summed E-state index contributed by atoms with van der Waals surface area (Å²) in [5.41, 5.74) is 5.15. The molecule has 0 N–H and O–H groups in total. The first kappa shape index (κ1) is 28.2. The molecule has 2 heteroatoms. The Hall–Kier alpha value is 0.208. The molecule has 2 saturated carbocycles. The second-order valence-electron chi connectivity index (χ2n) is 10.7. The van der Waals surface area contributed by atoms with Gasteiger partial charge >= 0.3 is 138 Å². The monoisotopic (exact) mass is 590 g/mol. The van der Waals surface area contributed by atoms with Crippen molar-refractivity contribution in [1.29, 1.82) is 0 Å². The van der Waals surface area contributed by atoms with E-state index in [0.29, 0.717) is 0 Å². The summed E-state index contributed by atoms with van der Waals surface area (Å²) >= 11 is 1.62. The van der Waals surface area contributed by atoms with Gasteiger partial charge in [0.05, 0.1) is 0 Å². The van der Waals surface area contributed by atoms with Crippen molar-refractivity contribution in [3.8, 4) is 0 Å². The van der Waals surface area contributed by atoms with Crippen LogP contribution in [0.3, 0.4) is 0 Å². The van der Waals surface area contributed by atoms with E-state index in [1.54, 1.807) is 24.1 Å². The molecule has 0 bridgehead atoms. The fourth-order valence-corrected chi connectivity index (χ4v) is 6.07. The van der Waals surface area contributed by atoms with Gasteiger partial charge in [-0.3, -0.25) is 0 Å². The Balaban J connectivity index is 0.000000360. The quantitative estimate of drug-likeness (QED) is 0.295. The molecule has 0 amide bonds. The molecule has 0 aromatic heterocycles. The summed E-state index contributed by atoms with van der Waals surface area (Å²) in [4.78, 5) is 0. The third-order valence-corrected chi connectivity index (χ3v) is 7.43. The predicted octanol–water partition coefficient (Wildman–Crippen LogP) is 7.66. The van der Waals surface area contributed by atoms with Crippen LogP contribution in [0, 0.1) is 64.2 Å². The topological polar surface area (TPSA) is 0 Å². The SMILES string of the molecule is CC(C)(C)c1cc(C(C)(C)C)c([P]=[W])c(C(C)(C)C)c1.[CH]1[CH][CH][CH][CH]1.[CH]1[CH][CH][CH][CH]1. The predicted molar refractivity (Wildman–Crippen MR) is 132 cm³/mol. The van der Waals surface area contributed by atoms with Crippen LogP contribution in [0.1, 0.15) is 79.0 Å². The molecule has 0 spiro atoms. The molecule has 1 aromatic carbocycles. The van der Waals surface area contributed by atoms with E-state index < -0.39 is 0 Å². The Kier molecular flexibility index (Phi) is 11.7. The second-order valence-corrected chi connectivity index (χ2v) is 13.3. The van der Waals surface area contributed by atoms with E-state index in [1.165, 1.54) is 22.9 Å². The molecule has 0 unspecified atom stereocenters. The second kappa shape index (κ2) is 12.4. The first-order valence-corrected chi connectivity index (χ1v) is 15.4. The van der Waals surface area contributed by atoms with Crippen LogP contribution < -0.4 is 5.30 Å². The van der Waals surface area contributed by atoms with Crippen LogP contribution >= 0.6 is 6.21 Å².